The Kier molecular flexibility index (Phi) is 3.65. The van der Waals surface area contributed by atoms with Gasteiger partial charge in [0.25, 0.3) is 0 Å². The summed E-state index contributed by atoms with van der Waals surface area (Å²) in [6, 6.07) is 10.6. The standard InChI is InChI=1S/C16H23N3/c1-12-11-19(14-9-7-6-8-10-14)15(17-12)18-13(2)16(3,4)5/h6-11,13H,1-5H3,(H,17,18). The van der Waals surface area contributed by atoms with Crippen molar-refractivity contribution in [3.05, 3.63) is 42.2 Å². The predicted octanol–water partition coefficient (Wildman–Crippen LogP) is 4.03. The van der Waals surface area contributed by atoms with Crippen LogP contribution in [0.15, 0.2) is 36.5 Å². The third kappa shape index (κ3) is 3.16. The third-order valence-electron chi connectivity index (χ3n) is 3.51. The number of nitrogens with one attached hydrogen (secondary N) is 1. The number of nitrogens with zero attached hydrogens (tertiary/aromatic N) is 2. The number of aromatic nitrogens is 2. The number of benzene rings is 1. The summed E-state index contributed by atoms with van der Waals surface area (Å²) < 4.78 is 2.11. The second-order valence-corrected chi connectivity index (χ2v) is 6.14. The zero-order chi connectivity index (χ0) is 14.0. The number of hydrogen-bond acceptors (Lipinski definition) is 2. The predicted molar refractivity (Wildman–Crippen MR) is 80.8 cm³/mol. The fourth-order valence-corrected chi connectivity index (χ4v) is 1.80. The Morgan fingerprint density at radius 1 is 1.16 bits per heavy atom. The van der Waals surface area contributed by atoms with Crippen LogP contribution in [-0.4, -0.2) is 15.6 Å². The summed E-state index contributed by atoms with van der Waals surface area (Å²) in [5.41, 5.74) is 2.35. The molecule has 1 aromatic carbocycles. The minimum absolute atomic E-state index is 0.196. The molecule has 0 fully saturated rings. The summed E-state index contributed by atoms with van der Waals surface area (Å²) in [5.74, 6) is 0.908. The Hall–Kier alpha value is -1.77. The van der Waals surface area contributed by atoms with Crippen molar-refractivity contribution < 1.29 is 0 Å². The molecule has 1 aromatic heterocycles. The van der Waals surface area contributed by atoms with Gasteiger partial charge in [-0.25, -0.2) is 4.98 Å². The summed E-state index contributed by atoms with van der Waals surface area (Å²) >= 11 is 0. The molecular weight excluding hydrogens is 234 g/mol. The minimum Gasteiger partial charge on any atom is -0.352 e. The van der Waals surface area contributed by atoms with Gasteiger partial charge in [-0.2, -0.15) is 0 Å². The van der Waals surface area contributed by atoms with E-state index in [4.69, 9.17) is 0 Å². The van der Waals surface area contributed by atoms with Crippen molar-refractivity contribution in [1.29, 1.82) is 0 Å². The molecule has 3 heteroatoms. The maximum atomic E-state index is 4.59. The van der Waals surface area contributed by atoms with Crippen molar-refractivity contribution >= 4 is 5.95 Å². The third-order valence-corrected chi connectivity index (χ3v) is 3.51. The van der Waals surface area contributed by atoms with E-state index < -0.39 is 0 Å². The monoisotopic (exact) mass is 257 g/mol. The molecule has 0 saturated carbocycles. The first kappa shape index (κ1) is 13.7. The maximum absolute atomic E-state index is 4.59. The Morgan fingerprint density at radius 3 is 2.37 bits per heavy atom. The van der Waals surface area contributed by atoms with Gasteiger partial charge in [-0.15, -0.1) is 0 Å². The van der Waals surface area contributed by atoms with E-state index in [-0.39, 0.29) is 5.41 Å². The average molecular weight is 257 g/mol. The van der Waals surface area contributed by atoms with Crippen LogP contribution in [0, 0.1) is 12.3 Å². The Bertz CT molecular complexity index is 535. The highest BCUT2D eigenvalue weighted by Gasteiger charge is 2.21. The lowest BCUT2D eigenvalue weighted by molar-refractivity contribution is 0.357. The molecule has 102 valence electrons. The summed E-state index contributed by atoms with van der Waals surface area (Å²) in [4.78, 5) is 4.59. The van der Waals surface area contributed by atoms with Crippen LogP contribution >= 0.6 is 0 Å². The SMILES string of the molecule is Cc1cn(-c2ccccc2)c(NC(C)C(C)(C)C)n1. The lowest BCUT2D eigenvalue weighted by atomic mass is 9.88. The van der Waals surface area contributed by atoms with E-state index in [1.807, 2.05) is 25.1 Å². The van der Waals surface area contributed by atoms with E-state index >= 15 is 0 Å². The normalized spacial score (nSPS) is 13.3. The first-order chi connectivity index (χ1) is 8.88. The van der Waals surface area contributed by atoms with E-state index in [9.17, 15) is 0 Å². The summed E-state index contributed by atoms with van der Waals surface area (Å²) in [6.45, 7) is 10.9. The van der Waals surface area contributed by atoms with Gasteiger partial charge < -0.3 is 5.32 Å². The Morgan fingerprint density at radius 2 is 1.79 bits per heavy atom. The van der Waals surface area contributed by atoms with Crippen molar-refractivity contribution in [3.8, 4) is 5.69 Å². The molecule has 1 unspecified atom stereocenters. The molecule has 3 nitrogen and oxygen atoms in total. The summed E-state index contributed by atoms with van der Waals surface area (Å²) in [5, 5.41) is 3.52. The van der Waals surface area contributed by atoms with Crippen LogP contribution in [0.1, 0.15) is 33.4 Å². The molecular formula is C16H23N3. The van der Waals surface area contributed by atoms with Crippen molar-refractivity contribution in [1.82, 2.24) is 9.55 Å². The summed E-state index contributed by atoms with van der Waals surface area (Å²) in [6.07, 6.45) is 2.06. The molecule has 1 N–H and O–H groups in total. The van der Waals surface area contributed by atoms with Crippen LogP contribution in [0.25, 0.3) is 5.69 Å². The van der Waals surface area contributed by atoms with Crippen LogP contribution < -0.4 is 5.32 Å². The van der Waals surface area contributed by atoms with E-state index in [0.29, 0.717) is 6.04 Å². The van der Waals surface area contributed by atoms with Crippen molar-refractivity contribution in [2.24, 2.45) is 5.41 Å². The quantitative estimate of drug-likeness (QED) is 0.899. The van der Waals surface area contributed by atoms with Crippen LogP contribution in [-0.2, 0) is 0 Å². The number of imidazole rings is 1. The van der Waals surface area contributed by atoms with E-state index in [0.717, 1.165) is 17.3 Å². The molecule has 1 atom stereocenters. The number of aryl methyl sites for hydroxylation is 1. The van der Waals surface area contributed by atoms with Crippen LogP contribution in [0.2, 0.25) is 0 Å². The summed E-state index contributed by atoms with van der Waals surface area (Å²) in [7, 11) is 0. The Labute approximate surface area is 115 Å². The van der Waals surface area contributed by atoms with Gasteiger partial charge in [0.1, 0.15) is 0 Å². The lowest BCUT2D eigenvalue weighted by Gasteiger charge is -2.28. The molecule has 19 heavy (non-hydrogen) atoms. The number of anilines is 1. The Balaban J connectivity index is 2.32. The highest BCUT2D eigenvalue weighted by Crippen LogP contribution is 2.24. The van der Waals surface area contributed by atoms with E-state index in [1.165, 1.54) is 0 Å². The lowest BCUT2D eigenvalue weighted by Crippen LogP contribution is -2.31. The highest BCUT2D eigenvalue weighted by atomic mass is 15.2. The molecule has 2 rings (SSSR count). The average Bonchev–Trinajstić information content (AvgIpc) is 2.70. The molecule has 0 aliphatic heterocycles. The topological polar surface area (TPSA) is 29.9 Å². The second-order valence-electron chi connectivity index (χ2n) is 6.14. The molecule has 0 aliphatic rings. The van der Waals surface area contributed by atoms with Gasteiger partial charge in [0.15, 0.2) is 0 Å². The van der Waals surface area contributed by atoms with Crippen LogP contribution in [0.5, 0.6) is 0 Å². The molecule has 0 saturated heterocycles. The van der Waals surface area contributed by atoms with Crippen molar-refractivity contribution in [2.75, 3.05) is 5.32 Å². The van der Waals surface area contributed by atoms with Gasteiger partial charge in [0, 0.05) is 17.9 Å². The molecule has 0 amide bonds. The van der Waals surface area contributed by atoms with Gasteiger partial charge in [-0.1, -0.05) is 39.0 Å². The molecule has 0 spiro atoms. The fraction of sp³-hybridized carbons (Fsp3) is 0.438. The van der Waals surface area contributed by atoms with E-state index in [1.54, 1.807) is 0 Å². The van der Waals surface area contributed by atoms with Gasteiger partial charge in [-0.3, -0.25) is 4.57 Å². The zero-order valence-corrected chi connectivity index (χ0v) is 12.4. The largest absolute Gasteiger partial charge is 0.352 e. The van der Waals surface area contributed by atoms with Crippen LogP contribution in [0.4, 0.5) is 5.95 Å². The first-order valence-corrected chi connectivity index (χ1v) is 6.76. The highest BCUT2D eigenvalue weighted by molar-refractivity contribution is 5.43. The number of para-hydroxylation sites is 1. The van der Waals surface area contributed by atoms with Gasteiger partial charge >= 0.3 is 0 Å². The molecule has 0 radical (unpaired) electrons. The molecule has 1 heterocycles. The van der Waals surface area contributed by atoms with Gasteiger partial charge in [0.05, 0.1) is 5.69 Å². The number of rotatable bonds is 3. The van der Waals surface area contributed by atoms with E-state index in [2.05, 4.69) is 60.9 Å². The van der Waals surface area contributed by atoms with Crippen molar-refractivity contribution in [2.45, 2.75) is 40.7 Å². The van der Waals surface area contributed by atoms with Gasteiger partial charge in [0.2, 0.25) is 5.95 Å². The van der Waals surface area contributed by atoms with Crippen LogP contribution in [0.3, 0.4) is 0 Å². The maximum Gasteiger partial charge on any atom is 0.207 e. The molecule has 0 bridgehead atoms. The zero-order valence-electron chi connectivity index (χ0n) is 12.4. The number of hydrogen-bond donors (Lipinski definition) is 1. The van der Waals surface area contributed by atoms with Gasteiger partial charge in [-0.05, 0) is 31.4 Å². The second kappa shape index (κ2) is 5.08. The van der Waals surface area contributed by atoms with Crippen molar-refractivity contribution in [3.63, 3.8) is 0 Å². The smallest absolute Gasteiger partial charge is 0.207 e. The molecule has 2 aromatic rings. The fourth-order valence-electron chi connectivity index (χ4n) is 1.80. The molecule has 0 aliphatic carbocycles. The first-order valence-electron chi connectivity index (χ1n) is 6.76. The minimum atomic E-state index is 0.196.